The molecule has 1 aromatic carbocycles. The molecule has 0 aliphatic rings. The van der Waals surface area contributed by atoms with Gasteiger partial charge in [0, 0.05) is 6.54 Å². The van der Waals surface area contributed by atoms with Gasteiger partial charge < -0.3 is 15.2 Å². The third kappa shape index (κ3) is 5.14. The third-order valence-corrected chi connectivity index (χ3v) is 2.47. The van der Waals surface area contributed by atoms with Gasteiger partial charge in [-0.1, -0.05) is 19.1 Å². The topological polar surface area (TPSA) is 58.6 Å². The number of aliphatic hydroxyl groups is 1. The van der Waals surface area contributed by atoms with Crippen LogP contribution in [0.15, 0.2) is 24.3 Å². The van der Waals surface area contributed by atoms with E-state index in [1.165, 1.54) is 12.1 Å². The van der Waals surface area contributed by atoms with Crippen LogP contribution in [0, 0.1) is 5.82 Å². The summed E-state index contributed by atoms with van der Waals surface area (Å²) in [6.45, 7) is 2.02. The number of rotatable bonds is 7. The van der Waals surface area contributed by atoms with Gasteiger partial charge in [-0.15, -0.1) is 0 Å². The molecule has 4 nitrogen and oxygen atoms in total. The average Bonchev–Trinajstić information content (AvgIpc) is 2.37. The van der Waals surface area contributed by atoms with Crippen molar-refractivity contribution in [2.24, 2.45) is 0 Å². The zero-order valence-electron chi connectivity index (χ0n) is 10.4. The average molecular weight is 255 g/mol. The minimum Gasteiger partial charge on any atom is -0.481 e. The van der Waals surface area contributed by atoms with Crippen LogP contribution in [-0.4, -0.2) is 30.3 Å². The fraction of sp³-hybridized carbons (Fsp3) is 0.462. The van der Waals surface area contributed by atoms with E-state index in [1.807, 2.05) is 6.92 Å². The van der Waals surface area contributed by atoms with Crippen molar-refractivity contribution in [3.8, 4) is 5.75 Å². The van der Waals surface area contributed by atoms with Crippen LogP contribution in [0.3, 0.4) is 0 Å². The van der Waals surface area contributed by atoms with Crippen LogP contribution >= 0.6 is 0 Å². The SMILES string of the molecule is CCC(O)CCNC(=O)COc1ccccc1F. The van der Waals surface area contributed by atoms with Crippen LogP contribution in [0.5, 0.6) is 5.75 Å². The Morgan fingerprint density at radius 2 is 2.22 bits per heavy atom. The Labute approximate surface area is 106 Å². The lowest BCUT2D eigenvalue weighted by molar-refractivity contribution is -0.123. The number of hydrogen-bond acceptors (Lipinski definition) is 3. The summed E-state index contributed by atoms with van der Waals surface area (Å²) in [5.74, 6) is -0.769. The van der Waals surface area contributed by atoms with Crippen molar-refractivity contribution < 1.29 is 19.0 Å². The molecule has 1 unspecified atom stereocenters. The van der Waals surface area contributed by atoms with Crippen LogP contribution in [0.25, 0.3) is 0 Å². The smallest absolute Gasteiger partial charge is 0.257 e. The number of para-hydroxylation sites is 1. The van der Waals surface area contributed by atoms with Gasteiger partial charge in [0.2, 0.25) is 0 Å². The molecule has 0 aromatic heterocycles. The van der Waals surface area contributed by atoms with Gasteiger partial charge in [-0.3, -0.25) is 4.79 Å². The maximum atomic E-state index is 13.2. The minimum atomic E-state index is -0.494. The molecule has 1 aromatic rings. The zero-order chi connectivity index (χ0) is 13.4. The Hall–Kier alpha value is -1.62. The summed E-state index contributed by atoms with van der Waals surface area (Å²) in [6, 6.07) is 5.91. The van der Waals surface area contributed by atoms with E-state index in [0.717, 1.165) is 0 Å². The molecule has 2 N–H and O–H groups in total. The maximum absolute atomic E-state index is 13.2. The van der Waals surface area contributed by atoms with Gasteiger partial charge >= 0.3 is 0 Å². The Bertz CT molecular complexity index is 384. The van der Waals surface area contributed by atoms with Crippen molar-refractivity contribution in [2.45, 2.75) is 25.9 Å². The molecule has 0 heterocycles. The second-order valence-corrected chi connectivity index (χ2v) is 3.92. The van der Waals surface area contributed by atoms with E-state index in [-0.39, 0.29) is 18.3 Å². The van der Waals surface area contributed by atoms with Gasteiger partial charge in [0.25, 0.3) is 5.91 Å². The molecule has 0 bridgehead atoms. The Kier molecular flexibility index (Phi) is 6.14. The Balaban J connectivity index is 2.23. The molecule has 1 rings (SSSR count). The summed E-state index contributed by atoms with van der Waals surface area (Å²) < 4.78 is 18.2. The summed E-state index contributed by atoms with van der Waals surface area (Å²) in [6.07, 6.45) is 0.751. The van der Waals surface area contributed by atoms with E-state index < -0.39 is 11.9 Å². The molecular weight excluding hydrogens is 237 g/mol. The predicted octanol–water partition coefficient (Wildman–Crippen LogP) is 1.48. The number of carbonyl (C=O) groups is 1. The maximum Gasteiger partial charge on any atom is 0.257 e. The molecule has 0 aliphatic heterocycles. The first-order chi connectivity index (χ1) is 8.63. The predicted molar refractivity (Wildman–Crippen MR) is 65.8 cm³/mol. The molecular formula is C13H18FNO3. The third-order valence-electron chi connectivity index (χ3n) is 2.47. The monoisotopic (exact) mass is 255 g/mol. The van der Waals surface area contributed by atoms with Gasteiger partial charge in [0.15, 0.2) is 18.2 Å². The number of amides is 1. The van der Waals surface area contributed by atoms with Crippen molar-refractivity contribution in [3.63, 3.8) is 0 Å². The largest absolute Gasteiger partial charge is 0.481 e. The second-order valence-electron chi connectivity index (χ2n) is 3.92. The number of carbonyl (C=O) groups excluding carboxylic acids is 1. The quantitative estimate of drug-likeness (QED) is 0.776. The molecule has 0 aliphatic carbocycles. The Morgan fingerprint density at radius 1 is 1.50 bits per heavy atom. The summed E-state index contributed by atoms with van der Waals surface area (Å²) in [5, 5.41) is 11.9. The summed E-state index contributed by atoms with van der Waals surface area (Å²) in [7, 11) is 0. The van der Waals surface area contributed by atoms with Crippen molar-refractivity contribution in [3.05, 3.63) is 30.1 Å². The fourth-order valence-corrected chi connectivity index (χ4v) is 1.34. The number of nitrogens with one attached hydrogen (secondary N) is 1. The first-order valence-electron chi connectivity index (χ1n) is 5.95. The molecule has 0 radical (unpaired) electrons. The Morgan fingerprint density at radius 3 is 2.89 bits per heavy atom. The normalized spacial score (nSPS) is 11.9. The van der Waals surface area contributed by atoms with Gasteiger partial charge in [-0.25, -0.2) is 4.39 Å². The van der Waals surface area contributed by atoms with E-state index in [2.05, 4.69) is 5.32 Å². The standard InChI is InChI=1S/C13H18FNO3/c1-2-10(16)7-8-15-13(17)9-18-12-6-4-3-5-11(12)14/h3-6,10,16H,2,7-9H2,1H3,(H,15,17). The lowest BCUT2D eigenvalue weighted by Crippen LogP contribution is -2.31. The molecule has 0 saturated carbocycles. The van der Waals surface area contributed by atoms with Crippen molar-refractivity contribution in [1.82, 2.24) is 5.32 Å². The highest BCUT2D eigenvalue weighted by atomic mass is 19.1. The molecule has 0 saturated heterocycles. The summed E-state index contributed by atoms with van der Waals surface area (Å²) in [5.41, 5.74) is 0. The van der Waals surface area contributed by atoms with Gasteiger partial charge in [-0.2, -0.15) is 0 Å². The van der Waals surface area contributed by atoms with E-state index in [4.69, 9.17) is 4.74 Å². The highest BCUT2D eigenvalue weighted by molar-refractivity contribution is 5.77. The first kappa shape index (κ1) is 14.4. The molecule has 1 atom stereocenters. The summed E-state index contributed by atoms with van der Waals surface area (Å²) >= 11 is 0. The van der Waals surface area contributed by atoms with Crippen molar-refractivity contribution in [1.29, 1.82) is 0 Å². The number of benzene rings is 1. The fourth-order valence-electron chi connectivity index (χ4n) is 1.34. The molecule has 1 amide bonds. The van der Waals surface area contributed by atoms with Gasteiger partial charge in [-0.05, 0) is 25.0 Å². The molecule has 0 spiro atoms. The summed E-state index contributed by atoms with van der Waals surface area (Å²) in [4.78, 5) is 11.4. The first-order valence-corrected chi connectivity index (χ1v) is 5.95. The number of hydrogen-bond donors (Lipinski definition) is 2. The van der Waals surface area contributed by atoms with Crippen LogP contribution in [0.1, 0.15) is 19.8 Å². The number of ether oxygens (including phenoxy) is 1. The van der Waals surface area contributed by atoms with E-state index >= 15 is 0 Å². The molecule has 100 valence electrons. The zero-order valence-corrected chi connectivity index (χ0v) is 10.4. The highest BCUT2D eigenvalue weighted by Crippen LogP contribution is 2.14. The second kappa shape index (κ2) is 7.66. The van der Waals surface area contributed by atoms with Crippen LogP contribution in [0.4, 0.5) is 4.39 Å². The lowest BCUT2D eigenvalue weighted by atomic mass is 10.2. The van der Waals surface area contributed by atoms with Crippen molar-refractivity contribution in [2.75, 3.05) is 13.2 Å². The molecule has 5 heteroatoms. The van der Waals surface area contributed by atoms with Crippen LogP contribution in [0.2, 0.25) is 0 Å². The van der Waals surface area contributed by atoms with Crippen LogP contribution in [-0.2, 0) is 4.79 Å². The number of aliphatic hydroxyl groups excluding tert-OH is 1. The van der Waals surface area contributed by atoms with E-state index in [9.17, 15) is 14.3 Å². The minimum absolute atomic E-state index is 0.0567. The molecule has 0 fully saturated rings. The van der Waals surface area contributed by atoms with E-state index in [0.29, 0.717) is 19.4 Å². The highest BCUT2D eigenvalue weighted by Gasteiger charge is 2.06. The molecule has 18 heavy (non-hydrogen) atoms. The van der Waals surface area contributed by atoms with Crippen LogP contribution < -0.4 is 10.1 Å². The van der Waals surface area contributed by atoms with Gasteiger partial charge in [0.1, 0.15) is 0 Å². The number of halogens is 1. The lowest BCUT2D eigenvalue weighted by Gasteiger charge is -2.10. The van der Waals surface area contributed by atoms with E-state index in [1.54, 1.807) is 12.1 Å². The van der Waals surface area contributed by atoms with Gasteiger partial charge in [0.05, 0.1) is 6.10 Å². The van der Waals surface area contributed by atoms with Crippen molar-refractivity contribution >= 4 is 5.91 Å².